The first kappa shape index (κ1) is 24.3. The van der Waals surface area contributed by atoms with E-state index in [1.54, 1.807) is 0 Å². The predicted molar refractivity (Wildman–Crippen MR) is 142 cm³/mol. The Kier molecular flexibility index (Phi) is 7.47. The molecule has 36 heavy (non-hydrogen) atoms. The number of anilines is 1. The SMILES string of the molecule is CCCCOc1ccc(C(=O)N2CCc3nc(-c4ccccc4)nc(N4CCN(C)CC4)c3C2)cc1. The number of aromatic nitrogens is 2. The molecule has 0 spiro atoms. The molecule has 0 aliphatic carbocycles. The molecule has 1 saturated heterocycles. The van der Waals surface area contributed by atoms with E-state index in [1.165, 1.54) is 0 Å². The fraction of sp³-hybridized carbons (Fsp3) is 0.414. The van der Waals surface area contributed by atoms with Gasteiger partial charge in [-0.3, -0.25) is 4.79 Å². The Balaban J connectivity index is 1.40. The molecule has 5 rings (SSSR count). The maximum absolute atomic E-state index is 13.4. The number of hydrogen-bond donors (Lipinski definition) is 0. The lowest BCUT2D eigenvalue weighted by Crippen LogP contribution is -2.46. The van der Waals surface area contributed by atoms with Crippen molar-refractivity contribution in [1.82, 2.24) is 19.8 Å². The van der Waals surface area contributed by atoms with E-state index in [9.17, 15) is 4.79 Å². The third-order valence-corrected chi connectivity index (χ3v) is 7.03. The van der Waals surface area contributed by atoms with Crippen LogP contribution in [0.5, 0.6) is 5.75 Å². The molecule has 1 aromatic heterocycles. The Morgan fingerprint density at radius 3 is 2.42 bits per heavy atom. The van der Waals surface area contributed by atoms with Crippen molar-refractivity contribution in [3.63, 3.8) is 0 Å². The number of hydrogen-bond acceptors (Lipinski definition) is 6. The molecule has 188 valence electrons. The van der Waals surface area contributed by atoms with E-state index < -0.39 is 0 Å². The summed E-state index contributed by atoms with van der Waals surface area (Å²) in [4.78, 5) is 30.1. The second-order valence-corrected chi connectivity index (χ2v) is 9.66. The number of nitrogens with zero attached hydrogens (tertiary/aromatic N) is 5. The fourth-order valence-corrected chi connectivity index (χ4v) is 4.78. The number of benzene rings is 2. The van der Waals surface area contributed by atoms with Gasteiger partial charge in [0.25, 0.3) is 5.91 Å². The van der Waals surface area contributed by atoms with Gasteiger partial charge in [0, 0.05) is 55.8 Å². The zero-order valence-corrected chi connectivity index (χ0v) is 21.3. The minimum atomic E-state index is 0.0391. The number of rotatable bonds is 7. The molecule has 3 aromatic rings. The van der Waals surface area contributed by atoms with Crippen molar-refractivity contribution in [1.29, 1.82) is 0 Å². The van der Waals surface area contributed by atoms with Crippen molar-refractivity contribution in [2.75, 3.05) is 51.3 Å². The van der Waals surface area contributed by atoms with Gasteiger partial charge in [0.2, 0.25) is 0 Å². The summed E-state index contributed by atoms with van der Waals surface area (Å²) in [6.45, 7) is 7.84. The number of carbonyl (C=O) groups excluding carboxylic acids is 1. The molecule has 0 atom stereocenters. The number of unbranched alkanes of at least 4 members (excludes halogenated alkanes) is 1. The predicted octanol–water partition coefficient (Wildman–Crippen LogP) is 4.27. The normalized spacial score (nSPS) is 16.1. The van der Waals surface area contributed by atoms with Crippen LogP contribution in [0, 0.1) is 0 Å². The topological polar surface area (TPSA) is 61.8 Å². The minimum absolute atomic E-state index is 0.0391. The van der Waals surface area contributed by atoms with E-state index in [1.807, 2.05) is 47.4 Å². The highest BCUT2D eigenvalue weighted by Gasteiger charge is 2.29. The van der Waals surface area contributed by atoms with Crippen LogP contribution in [0.15, 0.2) is 54.6 Å². The van der Waals surface area contributed by atoms with Crippen molar-refractivity contribution in [2.45, 2.75) is 32.7 Å². The zero-order valence-electron chi connectivity index (χ0n) is 21.3. The summed E-state index contributed by atoms with van der Waals surface area (Å²) < 4.78 is 5.76. The van der Waals surface area contributed by atoms with Gasteiger partial charge < -0.3 is 19.4 Å². The van der Waals surface area contributed by atoms with E-state index >= 15 is 0 Å². The van der Waals surface area contributed by atoms with Gasteiger partial charge in [-0.05, 0) is 37.7 Å². The summed E-state index contributed by atoms with van der Waals surface area (Å²) in [7, 11) is 2.16. The van der Waals surface area contributed by atoms with E-state index in [2.05, 4.69) is 35.9 Å². The van der Waals surface area contributed by atoms with Crippen molar-refractivity contribution in [3.05, 3.63) is 71.4 Å². The van der Waals surface area contributed by atoms with Crippen LogP contribution in [0.2, 0.25) is 0 Å². The van der Waals surface area contributed by atoms with E-state index in [0.717, 1.165) is 79.7 Å². The smallest absolute Gasteiger partial charge is 0.254 e. The molecule has 2 aliphatic heterocycles. The highest BCUT2D eigenvalue weighted by Crippen LogP contribution is 2.31. The van der Waals surface area contributed by atoms with Crippen LogP contribution in [0.4, 0.5) is 5.82 Å². The number of fused-ring (bicyclic) bond motifs is 1. The van der Waals surface area contributed by atoms with E-state index in [4.69, 9.17) is 14.7 Å². The van der Waals surface area contributed by atoms with Gasteiger partial charge >= 0.3 is 0 Å². The first-order valence-corrected chi connectivity index (χ1v) is 13.0. The van der Waals surface area contributed by atoms with E-state index in [-0.39, 0.29) is 5.91 Å². The molecule has 0 N–H and O–H groups in total. The van der Waals surface area contributed by atoms with Gasteiger partial charge in [-0.2, -0.15) is 0 Å². The van der Waals surface area contributed by atoms with Crippen LogP contribution in [0.3, 0.4) is 0 Å². The maximum atomic E-state index is 13.4. The number of amides is 1. The Bertz CT molecular complexity index is 1170. The lowest BCUT2D eigenvalue weighted by Gasteiger charge is -2.37. The standard InChI is InChI=1S/C29H35N5O2/c1-3-4-20-36-24-12-10-23(11-13-24)29(35)34-15-14-26-25(21-34)28(33-18-16-32(2)17-19-33)31-27(30-26)22-8-6-5-7-9-22/h5-13H,3-4,14-21H2,1-2H3. The Hall–Kier alpha value is -3.45. The molecule has 0 unspecified atom stereocenters. The fourth-order valence-electron chi connectivity index (χ4n) is 4.78. The highest BCUT2D eigenvalue weighted by molar-refractivity contribution is 5.94. The van der Waals surface area contributed by atoms with Crippen LogP contribution in [0.25, 0.3) is 11.4 Å². The van der Waals surface area contributed by atoms with Crippen molar-refractivity contribution in [2.24, 2.45) is 0 Å². The van der Waals surface area contributed by atoms with Gasteiger partial charge in [-0.15, -0.1) is 0 Å². The highest BCUT2D eigenvalue weighted by atomic mass is 16.5. The Morgan fingerprint density at radius 2 is 1.69 bits per heavy atom. The molecule has 0 bridgehead atoms. The van der Waals surface area contributed by atoms with Gasteiger partial charge in [-0.1, -0.05) is 43.7 Å². The third-order valence-electron chi connectivity index (χ3n) is 7.03. The molecule has 0 radical (unpaired) electrons. The minimum Gasteiger partial charge on any atom is -0.494 e. The molecular weight excluding hydrogens is 450 g/mol. The number of likely N-dealkylation sites (N-methyl/N-ethyl adjacent to an activating group) is 1. The summed E-state index contributed by atoms with van der Waals surface area (Å²) in [5.41, 5.74) is 3.85. The van der Waals surface area contributed by atoms with Gasteiger partial charge in [-0.25, -0.2) is 9.97 Å². The molecular formula is C29H35N5O2. The zero-order chi connectivity index (χ0) is 24.9. The van der Waals surface area contributed by atoms with Crippen LogP contribution < -0.4 is 9.64 Å². The molecule has 7 nitrogen and oxygen atoms in total. The van der Waals surface area contributed by atoms with Crippen LogP contribution in [0.1, 0.15) is 41.4 Å². The van der Waals surface area contributed by atoms with Crippen LogP contribution in [-0.2, 0) is 13.0 Å². The first-order chi connectivity index (χ1) is 17.6. The third kappa shape index (κ3) is 5.36. The van der Waals surface area contributed by atoms with Crippen molar-refractivity contribution < 1.29 is 9.53 Å². The van der Waals surface area contributed by atoms with Gasteiger partial charge in [0.1, 0.15) is 11.6 Å². The second-order valence-electron chi connectivity index (χ2n) is 9.66. The lowest BCUT2D eigenvalue weighted by molar-refractivity contribution is 0.0733. The molecule has 1 fully saturated rings. The van der Waals surface area contributed by atoms with E-state index in [0.29, 0.717) is 25.3 Å². The quantitative estimate of drug-likeness (QED) is 0.466. The van der Waals surface area contributed by atoms with Crippen molar-refractivity contribution in [3.8, 4) is 17.1 Å². The Morgan fingerprint density at radius 1 is 0.944 bits per heavy atom. The summed E-state index contributed by atoms with van der Waals surface area (Å²) >= 11 is 0. The molecule has 1 amide bonds. The first-order valence-electron chi connectivity index (χ1n) is 13.0. The molecule has 3 heterocycles. The Labute approximate surface area is 213 Å². The summed E-state index contributed by atoms with van der Waals surface area (Å²) in [5, 5.41) is 0. The lowest BCUT2D eigenvalue weighted by atomic mass is 10.0. The summed E-state index contributed by atoms with van der Waals surface area (Å²) in [6, 6.07) is 17.7. The number of ether oxygens (including phenoxy) is 1. The largest absolute Gasteiger partial charge is 0.494 e. The maximum Gasteiger partial charge on any atom is 0.254 e. The number of carbonyl (C=O) groups is 1. The summed E-state index contributed by atoms with van der Waals surface area (Å²) in [5.74, 6) is 2.59. The monoisotopic (exact) mass is 485 g/mol. The van der Waals surface area contributed by atoms with Crippen LogP contribution >= 0.6 is 0 Å². The molecule has 2 aromatic carbocycles. The van der Waals surface area contributed by atoms with Crippen molar-refractivity contribution >= 4 is 11.7 Å². The molecule has 7 heteroatoms. The molecule has 2 aliphatic rings. The molecule has 0 saturated carbocycles. The van der Waals surface area contributed by atoms with Crippen LogP contribution in [-0.4, -0.2) is 72.1 Å². The summed E-state index contributed by atoms with van der Waals surface area (Å²) in [6.07, 6.45) is 2.85. The average molecular weight is 486 g/mol. The number of piperazine rings is 1. The average Bonchev–Trinajstić information content (AvgIpc) is 2.93. The van der Waals surface area contributed by atoms with Gasteiger partial charge in [0.05, 0.1) is 18.8 Å². The van der Waals surface area contributed by atoms with Gasteiger partial charge in [0.15, 0.2) is 5.82 Å². The second kappa shape index (κ2) is 11.1.